The van der Waals surface area contributed by atoms with Crippen molar-refractivity contribution in [1.29, 1.82) is 0 Å². The number of nitrogens with zero attached hydrogens (tertiary/aromatic N) is 1. The SMILES string of the molecule is O=C(CN1C(=O)c2ccccc2C1=O)NCCC1CCNC1. The second-order valence-corrected chi connectivity index (χ2v) is 5.74. The van der Waals surface area contributed by atoms with E-state index < -0.39 is 11.8 Å². The quantitative estimate of drug-likeness (QED) is 0.772. The molecule has 3 amide bonds. The Labute approximate surface area is 128 Å². The molecule has 1 atom stereocenters. The minimum atomic E-state index is -0.393. The predicted molar refractivity (Wildman–Crippen MR) is 80.4 cm³/mol. The van der Waals surface area contributed by atoms with E-state index in [1.54, 1.807) is 24.3 Å². The van der Waals surface area contributed by atoms with Gasteiger partial charge < -0.3 is 10.6 Å². The smallest absolute Gasteiger partial charge is 0.262 e. The highest BCUT2D eigenvalue weighted by Crippen LogP contribution is 2.21. The van der Waals surface area contributed by atoms with Crippen LogP contribution in [0.3, 0.4) is 0 Å². The zero-order valence-corrected chi connectivity index (χ0v) is 12.3. The zero-order valence-electron chi connectivity index (χ0n) is 12.3. The van der Waals surface area contributed by atoms with Crippen molar-refractivity contribution >= 4 is 17.7 Å². The number of carbonyl (C=O) groups excluding carboxylic acids is 3. The molecule has 116 valence electrons. The summed E-state index contributed by atoms with van der Waals surface area (Å²) in [5, 5.41) is 6.07. The molecule has 22 heavy (non-hydrogen) atoms. The Morgan fingerprint density at radius 3 is 2.50 bits per heavy atom. The maximum atomic E-state index is 12.1. The molecule has 1 saturated heterocycles. The molecular formula is C16H19N3O3. The maximum absolute atomic E-state index is 12.1. The number of imide groups is 1. The van der Waals surface area contributed by atoms with Gasteiger partial charge in [0.1, 0.15) is 6.54 Å². The minimum Gasteiger partial charge on any atom is -0.355 e. The van der Waals surface area contributed by atoms with Crippen LogP contribution in [0.5, 0.6) is 0 Å². The molecular weight excluding hydrogens is 282 g/mol. The normalized spacial score (nSPS) is 20.4. The molecule has 2 heterocycles. The lowest BCUT2D eigenvalue weighted by Crippen LogP contribution is -2.40. The first-order valence-corrected chi connectivity index (χ1v) is 7.59. The van der Waals surface area contributed by atoms with Gasteiger partial charge in [-0.05, 0) is 44.0 Å². The molecule has 6 nitrogen and oxygen atoms in total. The molecule has 0 radical (unpaired) electrons. The lowest BCUT2D eigenvalue weighted by molar-refractivity contribution is -0.121. The van der Waals surface area contributed by atoms with E-state index in [9.17, 15) is 14.4 Å². The molecule has 0 spiro atoms. The van der Waals surface area contributed by atoms with Gasteiger partial charge in [0.15, 0.2) is 0 Å². The molecule has 0 bridgehead atoms. The predicted octanol–water partition coefficient (Wildman–Crippen LogP) is 0.398. The van der Waals surface area contributed by atoms with Crippen LogP contribution in [0.2, 0.25) is 0 Å². The fourth-order valence-corrected chi connectivity index (χ4v) is 2.96. The molecule has 6 heteroatoms. The Morgan fingerprint density at radius 2 is 1.91 bits per heavy atom. The van der Waals surface area contributed by atoms with Crippen molar-refractivity contribution in [2.75, 3.05) is 26.2 Å². The molecule has 3 rings (SSSR count). The summed E-state index contributed by atoms with van der Waals surface area (Å²) >= 11 is 0. The van der Waals surface area contributed by atoms with Gasteiger partial charge in [0, 0.05) is 6.54 Å². The highest BCUT2D eigenvalue weighted by atomic mass is 16.2. The number of amides is 3. The van der Waals surface area contributed by atoms with E-state index in [2.05, 4.69) is 10.6 Å². The van der Waals surface area contributed by atoms with Crippen LogP contribution in [0.25, 0.3) is 0 Å². The summed E-state index contributed by atoms with van der Waals surface area (Å²) in [5.41, 5.74) is 0.745. The average Bonchev–Trinajstić information content (AvgIpc) is 3.11. The van der Waals surface area contributed by atoms with E-state index in [-0.39, 0.29) is 12.5 Å². The largest absolute Gasteiger partial charge is 0.355 e. The van der Waals surface area contributed by atoms with E-state index in [0.717, 1.165) is 30.8 Å². The molecule has 1 unspecified atom stereocenters. The van der Waals surface area contributed by atoms with Crippen LogP contribution in [0.1, 0.15) is 33.6 Å². The highest BCUT2D eigenvalue weighted by Gasteiger charge is 2.36. The summed E-state index contributed by atoms with van der Waals surface area (Å²) < 4.78 is 0. The van der Waals surface area contributed by atoms with Gasteiger partial charge in [-0.3, -0.25) is 19.3 Å². The lowest BCUT2D eigenvalue weighted by atomic mass is 10.1. The maximum Gasteiger partial charge on any atom is 0.262 e. The summed E-state index contributed by atoms with van der Waals surface area (Å²) in [6.07, 6.45) is 2.05. The van der Waals surface area contributed by atoms with Crippen molar-refractivity contribution in [3.63, 3.8) is 0 Å². The van der Waals surface area contributed by atoms with Crippen molar-refractivity contribution in [2.45, 2.75) is 12.8 Å². The fraction of sp³-hybridized carbons (Fsp3) is 0.438. The van der Waals surface area contributed by atoms with Crippen molar-refractivity contribution < 1.29 is 14.4 Å². The average molecular weight is 301 g/mol. The number of hydrogen-bond acceptors (Lipinski definition) is 4. The zero-order chi connectivity index (χ0) is 15.5. The van der Waals surface area contributed by atoms with Gasteiger partial charge in [-0.2, -0.15) is 0 Å². The molecule has 2 aliphatic heterocycles. The van der Waals surface area contributed by atoms with Crippen LogP contribution < -0.4 is 10.6 Å². The van der Waals surface area contributed by atoms with Crippen LogP contribution >= 0.6 is 0 Å². The van der Waals surface area contributed by atoms with Crippen molar-refractivity contribution in [2.24, 2.45) is 5.92 Å². The number of rotatable bonds is 5. The number of hydrogen-bond donors (Lipinski definition) is 2. The second kappa shape index (κ2) is 6.27. The Hall–Kier alpha value is -2.21. The first-order valence-electron chi connectivity index (χ1n) is 7.59. The second-order valence-electron chi connectivity index (χ2n) is 5.74. The molecule has 1 aromatic rings. The Kier molecular flexibility index (Phi) is 4.20. The summed E-state index contributed by atoms with van der Waals surface area (Å²) in [7, 11) is 0. The molecule has 2 aliphatic rings. The van der Waals surface area contributed by atoms with Gasteiger partial charge in [0.2, 0.25) is 5.91 Å². The van der Waals surface area contributed by atoms with E-state index in [4.69, 9.17) is 0 Å². The molecule has 2 N–H and O–H groups in total. The Morgan fingerprint density at radius 1 is 1.23 bits per heavy atom. The van der Waals surface area contributed by atoms with Crippen LogP contribution in [0.4, 0.5) is 0 Å². The van der Waals surface area contributed by atoms with Crippen LogP contribution in [0.15, 0.2) is 24.3 Å². The Balaban J connectivity index is 1.52. The third-order valence-electron chi connectivity index (χ3n) is 4.22. The number of fused-ring (bicyclic) bond motifs is 1. The van der Waals surface area contributed by atoms with Crippen molar-refractivity contribution in [3.8, 4) is 0 Å². The van der Waals surface area contributed by atoms with Gasteiger partial charge in [-0.1, -0.05) is 12.1 Å². The van der Waals surface area contributed by atoms with Crippen LogP contribution in [-0.2, 0) is 4.79 Å². The van der Waals surface area contributed by atoms with Gasteiger partial charge in [0.05, 0.1) is 11.1 Å². The topological polar surface area (TPSA) is 78.5 Å². The fourth-order valence-electron chi connectivity index (χ4n) is 2.96. The van der Waals surface area contributed by atoms with E-state index >= 15 is 0 Å². The third kappa shape index (κ3) is 2.87. The van der Waals surface area contributed by atoms with Gasteiger partial charge in [0.25, 0.3) is 11.8 Å². The van der Waals surface area contributed by atoms with Gasteiger partial charge in [-0.15, -0.1) is 0 Å². The van der Waals surface area contributed by atoms with E-state index in [0.29, 0.717) is 23.6 Å². The molecule has 0 saturated carbocycles. The third-order valence-corrected chi connectivity index (χ3v) is 4.22. The minimum absolute atomic E-state index is 0.213. The van der Waals surface area contributed by atoms with Crippen LogP contribution in [-0.4, -0.2) is 48.8 Å². The monoisotopic (exact) mass is 301 g/mol. The first-order chi connectivity index (χ1) is 10.7. The standard InChI is InChI=1S/C16H19N3O3/c20-14(18-8-6-11-5-7-17-9-11)10-19-15(21)12-3-1-2-4-13(12)16(19)22/h1-4,11,17H,5-10H2,(H,18,20). The van der Waals surface area contributed by atoms with Gasteiger partial charge >= 0.3 is 0 Å². The number of benzene rings is 1. The van der Waals surface area contributed by atoms with Gasteiger partial charge in [-0.25, -0.2) is 0 Å². The molecule has 0 aliphatic carbocycles. The Bertz CT molecular complexity index is 573. The molecule has 0 aromatic heterocycles. The lowest BCUT2D eigenvalue weighted by Gasteiger charge is -2.14. The number of carbonyl (C=O) groups is 3. The highest BCUT2D eigenvalue weighted by molar-refractivity contribution is 6.22. The van der Waals surface area contributed by atoms with Crippen molar-refractivity contribution in [1.82, 2.24) is 15.5 Å². The van der Waals surface area contributed by atoms with Crippen LogP contribution in [0, 0.1) is 5.92 Å². The van der Waals surface area contributed by atoms with E-state index in [1.165, 1.54) is 0 Å². The van der Waals surface area contributed by atoms with E-state index in [1.807, 2.05) is 0 Å². The summed E-state index contributed by atoms with van der Waals surface area (Å²) in [6, 6.07) is 6.65. The molecule has 1 aromatic carbocycles. The summed E-state index contributed by atoms with van der Waals surface area (Å²) in [6.45, 7) is 2.39. The number of nitrogens with one attached hydrogen (secondary N) is 2. The summed E-state index contributed by atoms with van der Waals surface area (Å²) in [5.74, 6) is -0.480. The first kappa shape index (κ1) is 14.7. The van der Waals surface area contributed by atoms with Crippen molar-refractivity contribution in [3.05, 3.63) is 35.4 Å². The molecule has 1 fully saturated rings. The summed E-state index contributed by atoms with van der Waals surface area (Å²) in [4.78, 5) is 37.2.